The summed E-state index contributed by atoms with van der Waals surface area (Å²) in [4.78, 5) is 17.3. The standard InChI is InChI=1S/C24H21ClF3N5O/c1-16-21(22(25)33(31-16)20-9-7-18(8-10-20)24(26,27)28)23(34)30-19(14-32-12-11-29-15-32)13-17-5-3-2-4-6-17/h2-12,15,19H,13-14H2,1H3,(H,30,34)/t19-/m0/s1. The first-order valence-electron chi connectivity index (χ1n) is 10.5. The minimum absolute atomic E-state index is 0.0239. The van der Waals surface area contributed by atoms with Crippen LogP contribution < -0.4 is 5.32 Å². The van der Waals surface area contributed by atoms with E-state index in [2.05, 4.69) is 15.4 Å². The summed E-state index contributed by atoms with van der Waals surface area (Å²) in [5, 5.41) is 7.33. The van der Waals surface area contributed by atoms with Crippen LogP contribution in [0.1, 0.15) is 27.2 Å². The van der Waals surface area contributed by atoms with Crippen LogP contribution in [0.15, 0.2) is 73.3 Å². The minimum Gasteiger partial charge on any atom is -0.347 e. The summed E-state index contributed by atoms with van der Waals surface area (Å²) < 4.78 is 41.8. The van der Waals surface area contributed by atoms with Crippen molar-refractivity contribution in [2.75, 3.05) is 0 Å². The molecule has 0 spiro atoms. The lowest BCUT2D eigenvalue weighted by Crippen LogP contribution is -2.39. The second-order valence-corrected chi connectivity index (χ2v) is 8.19. The van der Waals surface area contributed by atoms with Crippen molar-refractivity contribution in [1.29, 1.82) is 0 Å². The number of hydrogen-bond acceptors (Lipinski definition) is 3. The first-order chi connectivity index (χ1) is 16.2. The van der Waals surface area contributed by atoms with Crippen molar-refractivity contribution in [3.05, 3.63) is 101 Å². The Morgan fingerprint density at radius 2 is 1.82 bits per heavy atom. The number of halogens is 4. The Labute approximate surface area is 199 Å². The van der Waals surface area contributed by atoms with Crippen LogP contribution in [0.3, 0.4) is 0 Å². The van der Waals surface area contributed by atoms with E-state index in [1.807, 2.05) is 41.1 Å². The fourth-order valence-corrected chi connectivity index (χ4v) is 4.04. The third-order valence-electron chi connectivity index (χ3n) is 5.32. The van der Waals surface area contributed by atoms with Gasteiger partial charge < -0.3 is 9.88 Å². The van der Waals surface area contributed by atoms with E-state index in [4.69, 9.17) is 11.6 Å². The molecule has 2 aromatic carbocycles. The number of benzene rings is 2. The molecular weight excluding hydrogens is 467 g/mol. The Morgan fingerprint density at radius 3 is 2.44 bits per heavy atom. The van der Waals surface area contributed by atoms with Gasteiger partial charge in [-0.3, -0.25) is 4.79 Å². The number of nitrogens with one attached hydrogen (secondary N) is 1. The second-order valence-electron chi connectivity index (χ2n) is 7.83. The number of hydrogen-bond donors (Lipinski definition) is 1. The van der Waals surface area contributed by atoms with Gasteiger partial charge in [0.05, 0.1) is 34.9 Å². The van der Waals surface area contributed by atoms with Crippen molar-refractivity contribution in [2.24, 2.45) is 0 Å². The average Bonchev–Trinajstić information content (AvgIpc) is 3.41. The molecule has 1 amide bonds. The molecule has 0 aliphatic rings. The van der Waals surface area contributed by atoms with E-state index < -0.39 is 17.6 Å². The predicted molar refractivity (Wildman–Crippen MR) is 122 cm³/mol. The molecule has 2 heterocycles. The fourth-order valence-electron chi connectivity index (χ4n) is 3.69. The maximum absolute atomic E-state index is 13.2. The first-order valence-corrected chi connectivity index (χ1v) is 10.8. The Kier molecular flexibility index (Phi) is 6.74. The summed E-state index contributed by atoms with van der Waals surface area (Å²) in [6.45, 7) is 2.12. The number of nitrogens with zero attached hydrogens (tertiary/aromatic N) is 4. The molecule has 1 N–H and O–H groups in total. The predicted octanol–water partition coefficient (Wildman–Crippen LogP) is 5.09. The lowest BCUT2D eigenvalue weighted by molar-refractivity contribution is -0.137. The molecule has 0 saturated heterocycles. The lowest BCUT2D eigenvalue weighted by Gasteiger charge is -2.19. The summed E-state index contributed by atoms with van der Waals surface area (Å²) in [7, 11) is 0. The highest BCUT2D eigenvalue weighted by Gasteiger charge is 2.30. The zero-order valence-electron chi connectivity index (χ0n) is 18.1. The second kappa shape index (κ2) is 9.72. The van der Waals surface area contributed by atoms with Gasteiger partial charge in [-0.1, -0.05) is 41.9 Å². The molecule has 0 aliphatic carbocycles. The van der Waals surface area contributed by atoms with Gasteiger partial charge in [-0.05, 0) is 43.2 Å². The highest BCUT2D eigenvalue weighted by atomic mass is 35.5. The Morgan fingerprint density at radius 1 is 1.12 bits per heavy atom. The summed E-state index contributed by atoms with van der Waals surface area (Å²) in [6, 6.07) is 13.9. The number of amides is 1. The topological polar surface area (TPSA) is 64.7 Å². The third-order valence-corrected chi connectivity index (χ3v) is 5.67. The van der Waals surface area contributed by atoms with Gasteiger partial charge in [-0.25, -0.2) is 9.67 Å². The summed E-state index contributed by atoms with van der Waals surface area (Å²) >= 11 is 6.48. The molecule has 2 aromatic heterocycles. The van der Waals surface area contributed by atoms with E-state index in [0.29, 0.717) is 24.3 Å². The zero-order valence-corrected chi connectivity index (χ0v) is 18.9. The van der Waals surface area contributed by atoms with Crippen LogP contribution >= 0.6 is 11.6 Å². The van der Waals surface area contributed by atoms with Crippen molar-refractivity contribution < 1.29 is 18.0 Å². The Bertz CT molecular complexity index is 1250. The van der Waals surface area contributed by atoms with Gasteiger partial charge >= 0.3 is 6.18 Å². The van der Waals surface area contributed by atoms with Crippen LogP contribution in [0, 0.1) is 6.92 Å². The van der Waals surface area contributed by atoms with Gasteiger partial charge in [-0.2, -0.15) is 18.3 Å². The Hall–Kier alpha value is -3.59. The number of rotatable bonds is 7. The van der Waals surface area contributed by atoms with E-state index >= 15 is 0 Å². The number of carbonyl (C=O) groups is 1. The molecule has 4 rings (SSSR count). The average molecular weight is 488 g/mol. The normalized spacial score (nSPS) is 12.5. The molecule has 4 aromatic rings. The molecule has 34 heavy (non-hydrogen) atoms. The SMILES string of the molecule is Cc1nn(-c2ccc(C(F)(F)F)cc2)c(Cl)c1C(=O)N[C@@H](Cc1ccccc1)Cn1ccnc1. The van der Waals surface area contributed by atoms with Crippen LogP contribution in [0.5, 0.6) is 0 Å². The molecule has 6 nitrogen and oxygen atoms in total. The smallest absolute Gasteiger partial charge is 0.347 e. The van der Waals surface area contributed by atoms with Crippen LogP contribution in [-0.2, 0) is 19.1 Å². The largest absolute Gasteiger partial charge is 0.416 e. The molecule has 10 heteroatoms. The van der Waals surface area contributed by atoms with E-state index in [-0.39, 0.29) is 16.8 Å². The van der Waals surface area contributed by atoms with E-state index in [0.717, 1.165) is 17.7 Å². The summed E-state index contributed by atoms with van der Waals surface area (Å²) in [5.74, 6) is -0.415. The highest BCUT2D eigenvalue weighted by Crippen LogP contribution is 2.30. The summed E-state index contributed by atoms with van der Waals surface area (Å²) in [5.41, 5.74) is 1.13. The van der Waals surface area contributed by atoms with E-state index in [1.54, 1.807) is 19.4 Å². The van der Waals surface area contributed by atoms with Crippen molar-refractivity contribution in [3.8, 4) is 5.69 Å². The van der Waals surface area contributed by atoms with Gasteiger partial charge in [-0.15, -0.1) is 0 Å². The van der Waals surface area contributed by atoms with Crippen molar-refractivity contribution >= 4 is 17.5 Å². The maximum Gasteiger partial charge on any atom is 0.416 e. The van der Waals surface area contributed by atoms with Crippen LogP contribution in [0.4, 0.5) is 13.2 Å². The number of imidazole rings is 1. The van der Waals surface area contributed by atoms with Gasteiger partial charge in [0, 0.05) is 18.9 Å². The number of carbonyl (C=O) groups excluding carboxylic acids is 1. The molecule has 1 atom stereocenters. The third kappa shape index (κ3) is 5.31. The minimum atomic E-state index is -4.45. The summed E-state index contributed by atoms with van der Waals surface area (Å²) in [6.07, 6.45) is 1.28. The van der Waals surface area contributed by atoms with Gasteiger partial charge in [0.1, 0.15) is 5.15 Å². The molecule has 0 aliphatic heterocycles. The van der Waals surface area contributed by atoms with Crippen molar-refractivity contribution in [2.45, 2.75) is 32.1 Å². The molecule has 0 radical (unpaired) electrons. The van der Waals surface area contributed by atoms with Crippen LogP contribution in [0.2, 0.25) is 5.15 Å². The molecule has 0 fully saturated rings. The van der Waals surface area contributed by atoms with E-state index in [9.17, 15) is 18.0 Å². The number of alkyl halides is 3. The van der Waals surface area contributed by atoms with Crippen molar-refractivity contribution in [1.82, 2.24) is 24.6 Å². The van der Waals surface area contributed by atoms with Gasteiger partial charge in [0.2, 0.25) is 0 Å². The molecular formula is C24H21ClF3N5O. The molecule has 0 bridgehead atoms. The van der Waals surface area contributed by atoms with Crippen LogP contribution in [0.25, 0.3) is 5.69 Å². The quantitative estimate of drug-likeness (QED) is 0.395. The fraction of sp³-hybridized carbons (Fsp3) is 0.208. The van der Waals surface area contributed by atoms with Crippen LogP contribution in [-0.4, -0.2) is 31.3 Å². The van der Waals surface area contributed by atoms with Gasteiger partial charge in [0.15, 0.2) is 0 Å². The van der Waals surface area contributed by atoms with Crippen molar-refractivity contribution in [3.63, 3.8) is 0 Å². The number of aromatic nitrogens is 4. The van der Waals surface area contributed by atoms with Gasteiger partial charge in [0.25, 0.3) is 5.91 Å². The zero-order chi connectivity index (χ0) is 24.3. The number of aryl methyl sites for hydroxylation is 1. The highest BCUT2D eigenvalue weighted by molar-refractivity contribution is 6.33. The van der Waals surface area contributed by atoms with E-state index in [1.165, 1.54) is 16.8 Å². The Balaban J connectivity index is 1.58. The first kappa shape index (κ1) is 23.6. The molecule has 176 valence electrons. The maximum atomic E-state index is 13.2. The molecule has 0 saturated carbocycles. The lowest BCUT2D eigenvalue weighted by atomic mass is 10.1. The molecule has 0 unspecified atom stereocenters. The monoisotopic (exact) mass is 487 g/mol.